The number of nitrogens with one attached hydrogen (secondary N) is 1. The summed E-state index contributed by atoms with van der Waals surface area (Å²) in [6.07, 6.45) is 0.254. The molecule has 0 aromatic heterocycles. The van der Waals surface area contributed by atoms with Crippen molar-refractivity contribution in [3.05, 3.63) is 48.0 Å². The van der Waals surface area contributed by atoms with Gasteiger partial charge in [-0.2, -0.15) is 0 Å². The molecule has 3 N–H and O–H groups in total. The Balaban J connectivity index is 2.03. The molecule has 0 radical (unpaired) electrons. The van der Waals surface area contributed by atoms with Gasteiger partial charge in [-0.25, -0.2) is 4.79 Å². The van der Waals surface area contributed by atoms with E-state index >= 15 is 0 Å². The first-order valence-corrected chi connectivity index (χ1v) is 7.54. The summed E-state index contributed by atoms with van der Waals surface area (Å²) < 4.78 is 5.27. The number of nitrogens with two attached hydrogens (primary N) is 1. The van der Waals surface area contributed by atoms with E-state index in [0.717, 1.165) is 5.56 Å². The zero-order valence-corrected chi connectivity index (χ0v) is 13.4. The molecule has 0 saturated carbocycles. The van der Waals surface area contributed by atoms with E-state index in [1.807, 2.05) is 32.9 Å². The number of hydrogen-bond donors (Lipinski definition) is 2. The van der Waals surface area contributed by atoms with Crippen molar-refractivity contribution in [3.63, 3.8) is 0 Å². The average molecular weight is 300 g/mol. The summed E-state index contributed by atoms with van der Waals surface area (Å²) in [5.41, 5.74) is 6.41. The van der Waals surface area contributed by atoms with Crippen molar-refractivity contribution in [1.82, 2.24) is 5.32 Å². The van der Waals surface area contributed by atoms with Crippen LogP contribution in [-0.4, -0.2) is 24.3 Å². The molecule has 4 heteroatoms. The van der Waals surface area contributed by atoms with E-state index in [9.17, 15) is 4.79 Å². The lowest BCUT2D eigenvalue weighted by Gasteiger charge is -2.23. The molecule has 22 heavy (non-hydrogen) atoms. The highest BCUT2D eigenvalue weighted by Crippen LogP contribution is 2.16. The summed E-state index contributed by atoms with van der Waals surface area (Å²) in [5, 5.41) is 5.23. The van der Waals surface area contributed by atoms with Crippen LogP contribution in [0.2, 0.25) is 0 Å². The van der Waals surface area contributed by atoms with Gasteiger partial charge >= 0.3 is 6.09 Å². The summed E-state index contributed by atoms with van der Waals surface area (Å²) >= 11 is 0. The Labute approximate surface area is 131 Å². The third-order valence-electron chi connectivity index (χ3n) is 3.30. The molecule has 1 atom stereocenters. The molecule has 4 nitrogen and oxygen atoms in total. The molecule has 2 aromatic carbocycles. The van der Waals surface area contributed by atoms with Crippen LogP contribution >= 0.6 is 0 Å². The third kappa shape index (κ3) is 4.74. The van der Waals surface area contributed by atoms with Crippen LogP contribution in [0.15, 0.2) is 42.5 Å². The maximum absolute atomic E-state index is 11.8. The highest BCUT2D eigenvalue weighted by Gasteiger charge is 2.19. The van der Waals surface area contributed by atoms with E-state index in [1.165, 1.54) is 10.8 Å². The Morgan fingerprint density at radius 2 is 1.86 bits per heavy atom. The molecular formula is C18H24N2O2. The minimum Gasteiger partial charge on any atom is -0.444 e. The molecule has 2 rings (SSSR count). The summed E-state index contributed by atoms with van der Waals surface area (Å²) in [6, 6.07) is 14.4. The van der Waals surface area contributed by atoms with Gasteiger partial charge in [0.05, 0.1) is 0 Å². The molecule has 0 aliphatic carbocycles. The second kappa shape index (κ2) is 6.79. The lowest BCUT2D eigenvalue weighted by Crippen LogP contribution is -2.44. The Kier molecular flexibility index (Phi) is 5.03. The van der Waals surface area contributed by atoms with Gasteiger partial charge in [0.15, 0.2) is 0 Å². The third-order valence-corrected chi connectivity index (χ3v) is 3.30. The van der Waals surface area contributed by atoms with Crippen LogP contribution in [0.25, 0.3) is 10.8 Å². The molecule has 0 spiro atoms. The van der Waals surface area contributed by atoms with E-state index in [0.29, 0.717) is 13.0 Å². The van der Waals surface area contributed by atoms with Crippen molar-refractivity contribution in [3.8, 4) is 0 Å². The molecule has 0 bridgehead atoms. The number of carbonyl (C=O) groups excluding carboxylic acids is 1. The number of carbonyl (C=O) groups is 1. The molecule has 1 unspecified atom stereocenters. The van der Waals surface area contributed by atoms with Crippen LogP contribution in [0.3, 0.4) is 0 Å². The first-order chi connectivity index (χ1) is 10.4. The molecule has 0 aliphatic heterocycles. The average Bonchev–Trinajstić information content (AvgIpc) is 2.44. The van der Waals surface area contributed by atoms with E-state index in [-0.39, 0.29) is 6.04 Å². The number of alkyl carbamates (subject to hydrolysis) is 1. The summed E-state index contributed by atoms with van der Waals surface area (Å²) in [4.78, 5) is 11.8. The maximum Gasteiger partial charge on any atom is 0.407 e. The Hall–Kier alpha value is -2.07. The molecule has 1 amide bonds. The molecule has 0 fully saturated rings. The molecule has 2 aromatic rings. The smallest absolute Gasteiger partial charge is 0.407 e. The zero-order chi connectivity index (χ0) is 16.2. The van der Waals surface area contributed by atoms with Crippen molar-refractivity contribution in [2.75, 3.05) is 6.54 Å². The van der Waals surface area contributed by atoms with Gasteiger partial charge < -0.3 is 15.8 Å². The fourth-order valence-corrected chi connectivity index (χ4v) is 2.32. The fourth-order valence-electron chi connectivity index (χ4n) is 2.32. The van der Waals surface area contributed by atoms with Crippen LogP contribution in [0.4, 0.5) is 4.79 Å². The first-order valence-electron chi connectivity index (χ1n) is 7.54. The molecular weight excluding hydrogens is 276 g/mol. The molecule has 118 valence electrons. The fraction of sp³-hybridized carbons (Fsp3) is 0.389. The van der Waals surface area contributed by atoms with E-state index < -0.39 is 11.7 Å². The van der Waals surface area contributed by atoms with Gasteiger partial charge in [0.2, 0.25) is 0 Å². The van der Waals surface area contributed by atoms with Gasteiger partial charge in [-0.3, -0.25) is 0 Å². The second-order valence-electron chi connectivity index (χ2n) is 6.46. The SMILES string of the molecule is CC(C)(C)OC(=O)NC(CN)Cc1ccc2ccccc2c1. The van der Waals surface area contributed by atoms with Gasteiger partial charge in [0, 0.05) is 12.6 Å². The summed E-state index contributed by atoms with van der Waals surface area (Å²) in [5.74, 6) is 0. The topological polar surface area (TPSA) is 64.3 Å². The van der Waals surface area contributed by atoms with Crippen molar-refractivity contribution in [2.45, 2.75) is 38.8 Å². The molecule has 0 saturated heterocycles. The van der Waals surface area contributed by atoms with Crippen molar-refractivity contribution in [2.24, 2.45) is 5.73 Å². The quantitative estimate of drug-likeness (QED) is 0.911. The van der Waals surface area contributed by atoms with Crippen LogP contribution < -0.4 is 11.1 Å². The highest BCUT2D eigenvalue weighted by atomic mass is 16.6. The van der Waals surface area contributed by atoms with E-state index in [1.54, 1.807) is 0 Å². The molecule has 0 aliphatic rings. The standard InChI is InChI=1S/C18H24N2O2/c1-18(2,3)22-17(21)20-16(12-19)11-13-8-9-14-6-4-5-7-15(14)10-13/h4-10,16H,11-12,19H2,1-3H3,(H,20,21). The number of ether oxygens (including phenoxy) is 1. The van der Waals surface area contributed by atoms with Crippen molar-refractivity contribution < 1.29 is 9.53 Å². The van der Waals surface area contributed by atoms with Gasteiger partial charge in [-0.05, 0) is 43.5 Å². The molecule has 0 heterocycles. The van der Waals surface area contributed by atoms with Crippen LogP contribution in [-0.2, 0) is 11.2 Å². The van der Waals surface area contributed by atoms with Crippen LogP contribution in [0.1, 0.15) is 26.3 Å². The van der Waals surface area contributed by atoms with E-state index in [2.05, 4.69) is 35.6 Å². The number of hydrogen-bond acceptors (Lipinski definition) is 3. The zero-order valence-electron chi connectivity index (χ0n) is 13.4. The van der Waals surface area contributed by atoms with Crippen molar-refractivity contribution >= 4 is 16.9 Å². The van der Waals surface area contributed by atoms with Gasteiger partial charge in [0.1, 0.15) is 5.60 Å². The highest BCUT2D eigenvalue weighted by molar-refractivity contribution is 5.83. The van der Waals surface area contributed by atoms with Crippen LogP contribution in [0, 0.1) is 0 Å². The minimum absolute atomic E-state index is 0.143. The Morgan fingerprint density at radius 3 is 2.50 bits per heavy atom. The van der Waals surface area contributed by atoms with Gasteiger partial charge in [0.25, 0.3) is 0 Å². The predicted molar refractivity (Wildman–Crippen MR) is 89.9 cm³/mol. The lowest BCUT2D eigenvalue weighted by molar-refractivity contribution is 0.0506. The predicted octanol–water partition coefficient (Wildman–Crippen LogP) is 3.23. The summed E-state index contributed by atoms with van der Waals surface area (Å²) in [7, 11) is 0. The summed E-state index contributed by atoms with van der Waals surface area (Å²) in [6.45, 7) is 5.89. The van der Waals surface area contributed by atoms with Gasteiger partial charge in [-0.15, -0.1) is 0 Å². The number of rotatable bonds is 4. The van der Waals surface area contributed by atoms with E-state index in [4.69, 9.17) is 10.5 Å². The Bertz CT molecular complexity index is 647. The largest absolute Gasteiger partial charge is 0.444 e. The Morgan fingerprint density at radius 1 is 1.18 bits per heavy atom. The minimum atomic E-state index is -0.508. The second-order valence-corrected chi connectivity index (χ2v) is 6.46. The number of fused-ring (bicyclic) bond motifs is 1. The van der Waals surface area contributed by atoms with Crippen molar-refractivity contribution in [1.29, 1.82) is 0 Å². The lowest BCUT2D eigenvalue weighted by atomic mass is 10.0. The maximum atomic E-state index is 11.8. The number of amides is 1. The number of benzene rings is 2. The van der Waals surface area contributed by atoms with Gasteiger partial charge in [-0.1, -0.05) is 42.5 Å². The first kappa shape index (κ1) is 16.3. The monoisotopic (exact) mass is 300 g/mol. The van der Waals surface area contributed by atoms with Crippen LogP contribution in [0.5, 0.6) is 0 Å². The normalized spacial score (nSPS) is 12.9.